The van der Waals surface area contributed by atoms with Crippen molar-refractivity contribution in [3.05, 3.63) is 59.1 Å². The Balaban J connectivity index is 1.40. The Morgan fingerprint density at radius 3 is 2.77 bits per heavy atom. The van der Waals surface area contributed by atoms with E-state index in [1.807, 2.05) is 31.2 Å². The highest BCUT2D eigenvalue weighted by Crippen LogP contribution is 2.26. The highest BCUT2D eigenvalue weighted by molar-refractivity contribution is 7.15. The number of carbonyl (C=O) groups excluding carboxylic acids is 1. The van der Waals surface area contributed by atoms with Crippen molar-refractivity contribution < 1.29 is 4.79 Å². The second-order valence-electron chi connectivity index (χ2n) is 5.60. The van der Waals surface area contributed by atoms with E-state index in [0.29, 0.717) is 17.3 Å². The molecule has 4 aromatic heterocycles. The molecule has 0 aliphatic heterocycles. The van der Waals surface area contributed by atoms with Gasteiger partial charge in [0.2, 0.25) is 0 Å². The van der Waals surface area contributed by atoms with Gasteiger partial charge in [-0.15, -0.1) is 11.3 Å². The molecule has 0 atom stereocenters. The normalized spacial score (nSPS) is 10.8. The molecule has 0 aromatic carbocycles. The lowest BCUT2D eigenvalue weighted by Gasteiger charge is -1.99. The third kappa shape index (κ3) is 3.38. The van der Waals surface area contributed by atoms with Crippen molar-refractivity contribution in [2.75, 3.05) is 0 Å². The van der Waals surface area contributed by atoms with Crippen LogP contribution in [0.1, 0.15) is 21.2 Å². The van der Waals surface area contributed by atoms with E-state index in [9.17, 15) is 4.79 Å². The first-order valence-corrected chi connectivity index (χ1v) is 8.73. The first-order chi connectivity index (χ1) is 12.7. The van der Waals surface area contributed by atoms with E-state index in [1.54, 1.807) is 29.8 Å². The van der Waals surface area contributed by atoms with E-state index in [1.165, 1.54) is 4.88 Å². The standard InChI is InChI=1S/C17H15N7OS/c1-10-2-3-14(26-10)12-8-13(22-21-12)17(25)19-9-15-20-16(24-23-15)11-4-6-18-7-5-11/h2-8H,9H2,1H3,(H,19,25)(H,21,22)(H,20,23,24). The average molecular weight is 365 g/mol. The van der Waals surface area contributed by atoms with Crippen LogP contribution in [0, 0.1) is 6.92 Å². The predicted molar refractivity (Wildman–Crippen MR) is 97.4 cm³/mol. The zero-order valence-electron chi connectivity index (χ0n) is 13.9. The number of nitrogens with zero attached hydrogens (tertiary/aromatic N) is 4. The largest absolute Gasteiger partial charge is 0.343 e. The zero-order valence-corrected chi connectivity index (χ0v) is 14.7. The summed E-state index contributed by atoms with van der Waals surface area (Å²) < 4.78 is 0. The number of hydrogen-bond acceptors (Lipinski definition) is 6. The molecule has 0 fully saturated rings. The highest BCUT2D eigenvalue weighted by Gasteiger charge is 2.13. The quantitative estimate of drug-likeness (QED) is 0.503. The summed E-state index contributed by atoms with van der Waals surface area (Å²) in [5, 5.41) is 16.7. The molecule has 8 nitrogen and oxygen atoms in total. The molecule has 130 valence electrons. The molecule has 4 aromatic rings. The van der Waals surface area contributed by atoms with Gasteiger partial charge < -0.3 is 5.32 Å². The third-order valence-corrected chi connectivity index (χ3v) is 4.74. The van der Waals surface area contributed by atoms with Gasteiger partial charge in [-0.25, -0.2) is 4.98 Å². The lowest BCUT2D eigenvalue weighted by atomic mass is 10.2. The Hall–Kier alpha value is -3.33. The van der Waals surface area contributed by atoms with Crippen LogP contribution in [0.15, 0.2) is 42.7 Å². The van der Waals surface area contributed by atoms with Gasteiger partial charge in [0.25, 0.3) is 5.91 Å². The van der Waals surface area contributed by atoms with Gasteiger partial charge in [-0.2, -0.15) is 10.2 Å². The number of rotatable bonds is 5. The van der Waals surface area contributed by atoms with Crippen LogP contribution in [-0.2, 0) is 6.54 Å². The van der Waals surface area contributed by atoms with Gasteiger partial charge in [0.1, 0.15) is 5.82 Å². The van der Waals surface area contributed by atoms with Crippen LogP contribution >= 0.6 is 11.3 Å². The fraction of sp³-hybridized carbons (Fsp3) is 0.118. The number of amides is 1. The molecular weight excluding hydrogens is 350 g/mol. The number of H-pyrrole nitrogens is 2. The summed E-state index contributed by atoms with van der Waals surface area (Å²) in [6.45, 7) is 2.27. The van der Waals surface area contributed by atoms with E-state index in [-0.39, 0.29) is 12.5 Å². The van der Waals surface area contributed by atoms with Gasteiger partial charge in [-0.1, -0.05) is 0 Å². The molecule has 0 spiro atoms. The van der Waals surface area contributed by atoms with E-state index in [4.69, 9.17) is 0 Å². The van der Waals surface area contributed by atoms with Crippen molar-refractivity contribution in [3.63, 3.8) is 0 Å². The Kier molecular flexibility index (Phi) is 4.28. The first kappa shape index (κ1) is 16.2. The van der Waals surface area contributed by atoms with Crippen molar-refractivity contribution in [1.29, 1.82) is 0 Å². The first-order valence-electron chi connectivity index (χ1n) is 7.91. The van der Waals surface area contributed by atoms with Gasteiger partial charge in [-0.3, -0.25) is 20.0 Å². The second kappa shape index (κ2) is 6.89. The summed E-state index contributed by atoms with van der Waals surface area (Å²) in [7, 11) is 0. The highest BCUT2D eigenvalue weighted by atomic mass is 32.1. The molecule has 0 radical (unpaired) electrons. The van der Waals surface area contributed by atoms with Crippen LogP contribution in [0.2, 0.25) is 0 Å². The summed E-state index contributed by atoms with van der Waals surface area (Å²) in [5.74, 6) is 0.851. The summed E-state index contributed by atoms with van der Waals surface area (Å²) in [5.41, 5.74) is 2.02. The Labute approximate surface area is 152 Å². The fourth-order valence-electron chi connectivity index (χ4n) is 2.40. The van der Waals surface area contributed by atoms with Crippen LogP contribution in [0.4, 0.5) is 0 Å². The molecule has 0 saturated heterocycles. The monoisotopic (exact) mass is 365 g/mol. The number of aromatic amines is 2. The number of hydrogen-bond donors (Lipinski definition) is 3. The van der Waals surface area contributed by atoms with Crippen LogP contribution in [0.5, 0.6) is 0 Å². The van der Waals surface area contributed by atoms with Gasteiger partial charge >= 0.3 is 0 Å². The van der Waals surface area contributed by atoms with Gasteiger partial charge in [0, 0.05) is 22.8 Å². The molecule has 0 aliphatic carbocycles. The summed E-state index contributed by atoms with van der Waals surface area (Å²) in [6.07, 6.45) is 3.36. The lowest BCUT2D eigenvalue weighted by Crippen LogP contribution is -2.23. The third-order valence-electron chi connectivity index (χ3n) is 3.70. The number of pyridine rings is 1. The Morgan fingerprint density at radius 2 is 2.00 bits per heavy atom. The average Bonchev–Trinajstić information content (AvgIpc) is 3.40. The van der Waals surface area contributed by atoms with Crippen LogP contribution in [0.25, 0.3) is 22.0 Å². The molecule has 0 unspecified atom stereocenters. The molecule has 0 saturated carbocycles. The maximum absolute atomic E-state index is 12.3. The predicted octanol–water partition coefficient (Wildman–Crippen LogP) is 2.56. The Bertz CT molecular complexity index is 1030. The van der Waals surface area contributed by atoms with Crippen molar-refractivity contribution in [2.24, 2.45) is 0 Å². The number of nitrogens with one attached hydrogen (secondary N) is 3. The summed E-state index contributed by atoms with van der Waals surface area (Å²) in [6, 6.07) is 9.42. The molecule has 4 rings (SSSR count). The molecule has 0 bridgehead atoms. The van der Waals surface area contributed by atoms with E-state index in [0.717, 1.165) is 16.1 Å². The molecular formula is C17H15N7OS. The lowest BCUT2D eigenvalue weighted by molar-refractivity contribution is 0.0945. The van der Waals surface area contributed by atoms with Gasteiger partial charge in [0.05, 0.1) is 17.1 Å². The maximum atomic E-state index is 12.3. The van der Waals surface area contributed by atoms with Crippen LogP contribution in [0.3, 0.4) is 0 Å². The minimum Gasteiger partial charge on any atom is -0.343 e. The van der Waals surface area contributed by atoms with Gasteiger partial charge in [0.15, 0.2) is 11.5 Å². The summed E-state index contributed by atoms with van der Waals surface area (Å²) >= 11 is 1.65. The fourth-order valence-corrected chi connectivity index (χ4v) is 3.24. The zero-order chi connectivity index (χ0) is 17.9. The van der Waals surface area contributed by atoms with E-state index < -0.39 is 0 Å². The van der Waals surface area contributed by atoms with E-state index in [2.05, 4.69) is 35.7 Å². The van der Waals surface area contributed by atoms with Crippen molar-refractivity contribution >= 4 is 17.2 Å². The van der Waals surface area contributed by atoms with Crippen molar-refractivity contribution in [1.82, 2.24) is 35.7 Å². The van der Waals surface area contributed by atoms with Crippen molar-refractivity contribution in [2.45, 2.75) is 13.5 Å². The van der Waals surface area contributed by atoms with Crippen LogP contribution in [-0.4, -0.2) is 36.3 Å². The minimum atomic E-state index is -0.275. The smallest absolute Gasteiger partial charge is 0.272 e. The van der Waals surface area contributed by atoms with Crippen LogP contribution < -0.4 is 5.32 Å². The number of thiophene rings is 1. The SMILES string of the molecule is Cc1ccc(-c2cc(C(=O)NCc3nc(-c4ccncc4)n[nH]3)n[nH]2)s1. The maximum Gasteiger partial charge on any atom is 0.272 e. The Morgan fingerprint density at radius 1 is 1.15 bits per heavy atom. The molecule has 0 aliphatic rings. The molecule has 4 heterocycles. The number of aryl methyl sites for hydroxylation is 1. The second-order valence-corrected chi connectivity index (χ2v) is 6.89. The topological polar surface area (TPSA) is 112 Å². The molecule has 9 heteroatoms. The summed E-state index contributed by atoms with van der Waals surface area (Å²) in [4.78, 5) is 22.9. The molecule has 26 heavy (non-hydrogen) atoms. The van der Waals surface area contributed by atoms with E-state index >= 15 is 0 Å². The number of aromatic nitrogens is 6. The van der Waals surface area contributed by atoms with Gasteiger partial charge in [-0.05, 0) is 37.3 Å². The molecule has 3 N–H and O–H groups in total. The number of carbonyl (C=O) groups is 1. The van der Waals surface area contributed by atoms with Crippen molar-refractivity contribution in [3.8, 4) is 22.0 Å². The minimum absolute atomic E-state index is 0.233. The molecule has 1 amide bonds.